The average molecular weight is 615 g/mol. The highest BCUT2D eigenvalue weighted by molar-refractivity contribution is 7.92. The quantitative estimate of drug-likeness (QED) is 0.444. The zero-order valence-corrected chi connectivity index (χ0v) is 25.6. The van der Waals surface area contributed by atoms with Crippen LogP contribution in [0.4, 0.5) is 5.69 Å². The van der Waals surface area contributed by atoms with E-state index in [1.165, 1.54) is 47.4 Å². The molecular weight excluding hydrogens is 580 g/mol. The van der Waals surface area contributed by atoms with Gasteiger partial charge in [0.15, 0.2) is 0 Å². The van der Waals surface area contributed by atoms with Crippen LogP contribution in [0.5, 0.6) is 5.75 Å². The van der Waals surface area contributed by atoms with E-state index in [9.17, 15) is 18.0 Å². The Labute approximate surface area is 251 Å². The first-order valence-corrected chi connectivity index (χ1v) is 15.4. The van der Waals surface area contributed by atoms with Crippen molar-refractivity contribution in [1.82, 2.24) is 14.8 Å². The number of hydrogen-bond donors (Lipinski definition) is 1. The number of nitrogens with zero attached hydrogens (tertiary/aromatic N) is 3. The Morgan fingerprint density at radius 3 is 2.55 bits per heavy atom. The number of pyridine rings is 1. The van der Waals surface area contributed by atoms with Gasteiger partial charge in [-0.05, 0) is 55.0 Å². The van der Waals surface area contributed by atoms with Gasteiger partial charge in [-0.2, -0.15) is 0 Å². The molecule has 0 saturated carbocycles. The van der Waals surface area contributed by atoms with Crippen molar-refractivity contribution in [1.29, 1.82) is 0 Å². The lowest BCUT2D eigenvalue weighted by Gasteiger charge is -2.36. The van der Waals surface area contributed by atoms with Gasteiger partial charge < -0.3 is 19.3 Å². The van der Waals surface area contributed by atoms with Gasteiger partial charge in [0, 0.05) is 56.6 Å². The van der Waals surface area contributed by atoms with Crippen LogP contribution >= 0.6 is 11.6 Å². The Hall–Kier alpha value is -3.67. The summed E-state index contributed by atoms with van der Waals surface area (Å²) in [7, 11) is -0.674. The van der Waals surface area contributed by atoms with E-state index in [-0.39, 0.29) is 71.3 Å². The number of nitrogens with one attached hydrogen (secondary N) is 1. The Balaban J connectivity index is 1.65. The smallest absolute Gasteiger partial charge is 0.261 e. The van der Waals surface area contributed by atoms with E-state index in [0.29, 0.717) is 11.6 Å². The van der Waals surface area contributed by atoms with Crippen molar-refractivity contribution in [2.75, 3.05) is 38.6 Å². The largest absolute Gasteiger partial charge is 0.491 e. The second kappa shape index (κ2) is 13.5. The monoisotopic (exact) mass is 614 g/mol. The van der Waals surface area contributed by atoms with Gasteiger partial charge in [0.2, 0.25) is 5.91 Å². The summed E-state index contributed by atoms with van der Waals surface area (Å²) in [5.74, 6) is -0.289. The number of fused-ring (bicyclic) bond motifs is 1. The summed E-state index contributed by atoms with van der Waals surface area (Å²) in [4.78, 5) is 34.5. The molecule has 42 heavy (non-hydrogen) atoms. The Morgan fingerprint density at radius 2 is 1.88 bits per heavy atom. The van der Waals surface area contributed by atoms with Crippen LogP contribution in [0, 0.1) is 5.92 Å². The Bertz CT molecular complexity index is 1500. The summed E-state index contributed by atoms with van der Waals surface area (Å²) in [6.07, 6.45) is 3.16. The molecule has 12 heteroatoms. The lowest BCUT2D eigenvalue weighted by molar-refractivity contribution is -0.134. The van der Waals surface area contributed by atoms with E-state index in [1.54, 1.807) is 37.5 Å². The van der Waals surface area contributed by atoms with Crippen LogP contribution in [0.3, 0.4) is 0 Å². The number of aromatic nitrogens is 1. The molecular formula is C30H35ClN4O6S. The van der Waals surface area contributed by atoms with Crippen LogP contribution in [0.15, 0.2) is 71.9 Å². The third kappa shape index (κ3) is 7.58. The molecule has 2 aromatic carbocycles. The predicted octanol–water partition coefficient (Wildman–Crippen LogP) is 4.11. The third-order valence-corrected chi connectivity index (χ3v) is 8.87. The number of methoxy groups -OCH3 is 1. The highest BCUT2D eigenvalue weighted by Gasteiger charge is 2.30. The highest BCUT2D eigenvalue weighted by Crippen LogP contribution is 2.28. The summed E-state index contributed by atoms with van der Waals surface area (Å²) in [6.45, 7) is 4.60. The number of likely N-dealkylation sites (N-methyl/N-ethyl adjacent to an activating group) is 1. The summed E-state index contributed by atoms with van der Waals surface area (Å²) < 4.78 is 40.4. The van der Waals surface area contributed by atoms with E-state index in [1.807, 2.05) is 19.9 Å². The maximum absolute atomic E-state index is 13.5. The fourth-order valence-corrected chi connectivity index (χ4v) is 5.97. The van der Waals surface area contributed by atoms with Gasteiger partial charge in [-0.15, -0.1) is 0 Å². The first-order chi connectivity index (χ1) is 20.0. The van der Waals surface area contributed by atoms with Crippen molar-refractivity contribution in [3.05, 3.63) is 83.1 Å². The Kier molecular flexibility index (Phi) is 10.1. The first kappa shape index (κ1) is 31.3. The molecule has 224 valence electrons. The molecule has 0 saturated heterocycles. The average Bonchev–Trinajstić information content (AvgIpc) is 2.96. The van der Waals surface area contributed by atoms with Crippen LogP contribution < -0.4 is 9.46 Å². The van der Waals surface area contributed by atoms with E-state index in [4.69, 9.17) is 21.1 Å². The van der Waals surface area contributed by atoms with E-state index >= 15 is 0 Å². The molecule has 4 rings (SSSR count). The molecule has 0 fully saturated rings. The number of amides is 2. The maximum atomic E-state index is 13.5. The minimum absolute atomic E-state index is 0.0347. The molecule has 1 aliphatic heterocycles. The van der Waals surface area contributed by atoms with Gasteiger partial charge in [-0.3, -0.25) is 19.3 Å². The van der Waals surface area contributed by atoms with Crippen LogP contribution in [0.25, 0.3) is 0 Å². The molecule has 0 unspecified atom stereocenters. The van der Waals surface area contributed by atoms with Gasteiger partial charge >= 0.3 is 0 Å². The molecule has 2 amide bonds. The number of carbonyl (C=O) groups excluding carboxylic acids is 2. The molecule has 0 bridgehead atoms. The van der Waals surface area contributed by atoms with Crippen molar-refractivity contribution in [3.8, 4) is 5.75 Å². The maximum Gasteiger partial charge on any atom is 0.261 e. The minimum Gasteiger partial charge on any atom is -0.491 e. The molecule has 0 aliphatic carbocycles. The van der Waals surface area contributed by atoms with Crippen molar-refractivity contribution < 1.29 is 27.5 Å². The van der Waals surface area contributed by atoms with Crippen molar-refractivity contribution in [2.45, 2.75) is 37.3 Å². The first-order valence-electron chi connectivity index (χ1n) is 13.5. The van der Waals surface area contributed by atoms with Crippen LogP contribution in [-0.2, 0) is 26.0 Å². The summed E-state index contributed by atoms with van der Waals surface area (Å²) in [5, 5.41) is 0.414. The number of hydrogen-bond acceptors (Lipinski definition) is 7. The zero-order valence-electron chi connectivity index (χ0n) is 24.0. The van der Waals surface area contributed by atoms with E-state index in [0.717, 1.165) is 5.56 Å². The molecule has 3 aromatic rings. The summed E-state index contributed by atoms with van der Waals surface area (Å²) in [5.41, 5.74) is 1.27. The lowest BCUT2D eigenvalue weighted by atomic mass is 10.0. The molecule has 10 nitrogen and oxygen atoms in total. The van der Waals surface area contributed by atoms with E-state index < -0.39 is 10.0 Å². The molecule has 1 aliphatic rings. The van der Waals surface area contributed by atoms with Crippen LogP contribution in [-0.4, -0.2) is 81.0 Å². The predicted molar refractivity (Wildman–Crippen MR) is 160 cm³/mol. The fraction of sp³-hybridized carbons (Fsp3) is 0.367. The molecule has 2 heterocycles. The number of carbonyl (C=O) groups is 2. The second-order valence-corrected chi connectivity index (χ2v) is 12.6. The topological polar surface area (TPSA) is 118 Å². The van der Waals surface area contributed by atoms with Gasteiger partial charge in [0.1, 0.15) is 12.4 Å². The second-order valence-electron chi connectivity index (χ2n) is 10.5. The van der Waals surface area contributed by atoms with E-state index in [2.05, 4.69) is 9.71 Å². The van der Waals surface area contributed by atoms with Crippen molar-refractivity contribution in [2.24, 2.45) is 5.92 Å². The summed E-state index contributed by atoms with van der Waals surface area (Å²) >= 11 is 5.91. The number of rotatable bonds is 6. The minimum atomic E-state index is -3.93. The molecule has 1 N–H and O–H groups in total. The van der Waals surface area contributed by atoms with Crippen molar-refractivity contribution >= 4 is 39.1 Å². The molecule has 0 spiro atoms. The Morgan fingerprint density at radius 1 is 1.14 bits per heavy atom. The fourth-order valence-electron chi connectivity index (χ4n) is 4.79. The molecule has 3 atom stereocenters. The van der Waals surface area contributed by atoms with Crippen LogP contribution in [0.1, 0.15) is 29.8 Å². The lowest BCUT2D eigenvalue weighted by Crippen LogP contribution is -2.49. The van der Waals surface area contributed by atoms with Gasteiger partial charge in [-0.25, -0.2) is 8.42 Å². The standard InChI is InChI=1S/C30H35ClN4O6S/c1-20-17-35(29(36)14-22-6-5-13-32-16-22)21(2)19-41-27-15-24(33-42(38,39)25-10-7-23(31)8-11-25)9-12-26(27)30(37)34(3)18-28(20)40-4/h5-13,15-16,20-21,28,33H,14,17-19H2,1-4H3/t20-,21-,28-/m1/s1. The van der Waals surface area contributed by atoms with Gasteiger partial charge in [0.05, 0.1) is 34.7 Å². The van der Waals surface area contributed by atoms with Gasteiger partial charge in [-0.1, -0.05) is 24.6 Å². The molecule has 1 aromatic heterocycles. The third-order valence-electron chi connectivity index (χ3n) is 7.22. The van der Waals surface area contributed by atoms with Crippen molar-refractivity contribution in [3.63, 3.8) is 0 Å². The number of benzene rings is 2. The number of anilines is 1. The zero-order chi connectivity index (χ0) is 30.4. The molecule has 0 radical (unpaired) electrons. The SMILES string of the molecule is CO[C@@H]1CN(C)C(=O)c2ccc(NS(=O)(=O)c3ccc(Cl)cc3)cc2OC[C@@H](C)N(C(=O)Cc2cccnc2)C[C@H]1C. The normalized spacial score (nSPS) is 20.1. The summed E-state index contributed by atoms with van der Waals surface area (Å²) in [6, 6.07) is 13.6. The number of sulfonamides is 1. The number of ether oxygens (including phenoxy) is 2. The van der Waals surface area contributed by atoms with Crippen LogP contribution in [0.2, 0.25) is 5.02 Å². The van der Waals surface area contributed by atoms with Gasteiger partial charge in [0.25, 0.3) is 15.9 Å². The highest BCUT2D eigenvalue weighted by atomic mass is 35.5. The number of halogens is 1.